The molecule has 1 heterocycles. The zero-order valence-electron chi connectivity index (χ0n) is 15.0. The van der Waals surface area contributed by atoms with E-state index in [1.165, 1.54) is 30.3 Å². The minimum Gasteiger partial charge on any atom is -0.365 e. The molecule has 0 aliphatic rings. The Balaban J connectivity index is 2.03. The number of primary amides is 1. The number of primary sulfonamides is 1. The van der Waals surface area contributed by atoms with Crippen molar-refractivity contribution in [3.8, 4) is 0 Å². The molecule has 2 aromatic carbocycles. The first kappa shape index (κ1) is 20.8. The minimum atomic E-state index is -4.09. The smallest absolute Gasteiger partial charge is 0.254 e. The summed E-state index contributed by atoms with van der Waals surface area (Å²) in [5.74, 6) is -1.92. The standard InChI is InChI=1S/C17H14FN7O4S/c18-11-6-5-9(25-27)7-13(11)23-17-21-8-10(15(19)26)16(24-17)22-12-3-1-2-4-14(12)30(20,28)29/h1-8H,(H2,19,26)(H2,20,28,29)(H2,21,22,23,24). The van der Waals surface area contributed by atoms with Crippen LogP contribution >= 0.6 is 0 Å². The lowest BCUT2D eigenvalue weighted by Gasteiger charge is -2.14. The van der Waals surface area contributed by atoms with Crippen LogP contribution in [-0.4, -0.2) is 24.3 Å². The van der Waals surface area contributed by atoms with E-state index in [0.29, 0.717) is 0 Å². The van der Waals surface area contributed by atoms with Gasteiger partial charge in [-0.05, 0) is 35.5 Å². The molecule has 0 atom stereocenters. The number of sulfonamides is 1. The van der Waals surface area contributed by atoms with Gasteiger partial charge in [0, 0.05) is 6.20 Å². The predicted octanol–water partition coefficient (Wildman–Crippen LogP) is 2.25. The molecule has 1 aromatic heterocycles. The quantitative estimate of drug-likeness (QED) is 0.411. The Kier molecular flexibility index (Phi) is 5.66. The van der Waals surface area contributed by atoms with Crippen LogP contribution in [-0.2, 0) is 10.0 Å². The van der Waals surface area contributed by atoms with Gasteiger partial charge in [0.2, 0.25) is 16.0 Å². The van der Waals surface area contributed by atoms with E-state index in [-0.39, 0.29) is 39.3 Å². The number of nitrogens with two attached hydrogens (primary N) is 2. The summed E-state index contributed by atoms with van der Waals surface area (Å²) < 4.78 is 37.6. The summed E-state index contributed by atoms with van der Waals surface area (Å²) in [6.07, 6.45) is 1.07. The maximum atomic E-state index is 14.0. The molecule has 11 nitrogen and oxygen atoms in total. The van der Waals surface area contributed by atoms with E-state index in [9.17, 15) is 22.5 Å². The molecule has 0 bridgehead atoms. The average molecular weight is 431 g/mol. The van der Waals surface area contributed by atoms with Crippen LogP contribution in [0.1, 0.15) is 10.4 Å². The molecule has 0 saturated carbocycles. The van der Waals surface area contributed by atoms with Crippen LogP contribution in [0.3, 0.4) is 0 Å². The highest BCUT2D eigenvalue weighted by molar-refractivity contribution is 7.89. The van der Waals surface area contributed by atoms with Gasteiger partial charge < -0.3 is 16.4 Å². The van der Waals surface area contributed by atoms with Gasteiger partial charge >= 0.3 is 0 Å². The maximum Gasteiger partial charge on any atom is 0.254 e. The van der Waals surface area contributed by atoms with E-state index in [1.54, 1.807) is 0 Å². The molecule has 0 spiro atoms. The zero-order valence-corrected chi connectivity index (χ0v) is 15.9. The van der Waals surface area contributed by atoms with Crippen molar-refractivity contribution < 1.29 is 17.6 Å². The highest BCUT2D eigenvalue weighted by atomic mass is 32.2. The number of rotatable bonds is 7. The Morgan fingerprint density at radius 3 is 2.50 bits per heavy atom. The number of carbonyl (C=O) groups excluding carboxylic acids is 1. The number of para-hydroxylation sites is 1. The van der Waals surface area contributed by atoms with Crippen molar-refractivity contribution in [3.05, 3.63) is 64.9 Å². The second-order valence-corrected chi connectivity index (χ2v) is 7.40. The van der Waals surface area contributed by atoms with Gasteiger partial charge in [-0.1, -0.05) is 12.1 Å². The Morgan fingerprint density at radius 1 is 1.10 bits per heavy atom. The molecule has 0 saturated heterocycles. The minimum absolute atomic E-state index is 0.0329. The highest BCUT2D eigenvalue weighted by Gasteiger charge is 2.18. The lowest BCUT2D eigenvalue weighted by Crippen LogP contribution is -2.17. The number of carbonyl (C=O) groups is 1. The van der Waals surface area contributed by atoms with Crippen molar-refractivity contribution in [2.24, 2.45) is 16.0 Å². The van der Waals surface area contributed by atoms with E-state index in [0.717, 1.165) is 18.3 Å². The summed E-state index contributed by atoms with van der Waals surface area (Å²) in [7, 11) is -4.09. The molecule has 0 unspecified atom stereocenters. The van der Waals surface area contributed by atoms with Crippen molar-refractivity contribution in [1.29, 1.82) is 0 Å². The van der Waals surface area contributed by atoms with Crippen LogP contribution in [0.5, 0.6) is 0 Å². The van der Waals surface area contributed by atoms with Crippen molar-refractivity contribution in [3.63, 3.8) is 0 Å². The number of hydrogen-bond acceptors (Lipinski definition) is 9. The molecule has 1 amide bonds. The van der Waals surface area contributed by atoms with E-state index >= 15 is 0 Å². The van der Waals surface area contributed by atoms with Gasteiger partial charge in [-0.3, -0.25) is 4.79 Å². The van der Waals surface area contributed by atoms with Crippen LogP contribution in [0.4, 0.5) is 33.2 Å². The third kappa shape index (κ3) is 4.53. The SMILES string of the molecule is NC(=O)c1cnc(Nc2cc(N=O)ccc2F)nc1Nc1ccccc1S(N)(=O)=O. The van der Waals surface area contributed by atoms with E-state index in [4.69, 9.17) is 10.9 Å². The normalized spacial score (nSPS) is 11.0. The first-order valence-corrected chi connectivity index (χ1v) is 9.69. The third-order valence-corrected chi connectivity index (χ3v) is 4.77. The van der Waals surface area contributed by atoms with Crippen molar-refractivity contribution in [1.82, 2.24) is 9.97 Å². The number of anilines is 4. The summed E-state index contributed by atoms with van der Waals surface area (Å²) in [5.41, 5.74) is 5.02. The summed E-state index contributed by atoms with van der Waals surface area (Å²) in [4.78, 5) is 30.1. The number of nitrogens with zero attached hydrogens (tertiary/aromatic N) is 3. The Bertz CT molecular complexity index is 1250. The first-order chi connectivity index (χ1) is 14.2. The van der Waals surface area contributed by atoms with Crippen molar-refractivity contribution >= 4 is 44.8 Å². The molecule has 0 aliphatic carbocycles. The van der Waals surface area contributed by atoms with Crippen LogP contribution in [0.2, 0.25) is 0 Å². The number of hydrogen-bond donors (Lipinski definition) is 4. The number of amides is 1. The number of nitrogens with one attached hydrogen (secondary N) is 2. The second-order valence-electron chi connectivity index (χ2n) is 5.87. The Morgan fingerprint density at radius 2 is 1.83 bits per heavy atom. The van der Waals surface area contributed by atoms with Gasteiger partial charge in [-0.15, -0.1) is 4.91 Å². The van der Waals surface area contributed by atoms with Gasteiger partial charge in [0.05, 0.1) is 11.4 Å². The lowest BCUT2D eigenvalue weighted by molar-refractivity contribution is 0.100. The Hall–Kier alpha value is -3.97. The number of nitroso groups, excluding NO2 is 1. The topological polar surface area (TPSA) is 183 Å². The van der Waals surface area contributed by atoms with Crippen molar-refractivity contribution in [2.45, 2.75) is 4.90 Å². The highest BCUT2D eigenvalue weighted by Crippen LogP contribution is 2.27. The first-order valence-electron chi connectivity index (χ1n) is 8.14. The van der Waals surface area contributed by atoms with Crippen LogP contribution in [0.25, 0.3) is 0 Å². The third-order valence-electron chi connectivity index (χ3n) is 3.80. The zero-order chi connectivity index (χ0) is 21.9. The van der Waals surface area contributed by atoms with Crippen LogP contribution in [0, 0.1) is 10.7 Å². The van der Waals surface area contributed by atoms with Gasteiger partial charge in [0.15, 0.2) is 0 Å². The second kappa shape index (κ2) is 8.18. The van der Waals surface area contributed by atoms with Gasteiger partial charge in [-0.2, -0.15) is 4.98 Å². The van der Waals surface area contributed by atoms with Gasteiger partial charge in [0.25, 0.3) is 5.91 Å². The Labute approximate surface area is 169 Å². The molecule has 0 fully saturated rings. The largest absolute Gasteiger partial charge is 0.365 e. The number of halogens is 1. The van der Waals surface area contributed by atoms with E-state index < -0.39 is 21.7 Å². The molecule has 30 heavy (non-hydrogen) atoms. The fraction of sp³-hybridized carbons (Fsp3) is 0. The summed E-state index contributed by atoms with van der Waals surface area (Å²) in [6, 6.07) is 9.00. The molecule has 3 aromatic rings. The molecule has 13 heteroatoms. The molecule has 0 aliphatic heterocycles. The average Bonchev–Trinajstić information content (AvgIpc) is 2.69. The molecule has 6 N–H and O–H groups in total. The molecule has 3 rings (SSSR count). The van der Waals surface area contributed by atoms with Gasteiger partial charge in [0.1, 0.15) is 27.8 Å². The van der Waals surface area contributed by atoms with E-state index in [2.05, 4.69) is 25.8 Å². The van der Waals surface area contributed by atoms with Gasteiger partial charge in [-0.25, -0.2) is 22.9 Å². The monoisotopic (exact) mass is 431 g/mol. The maximum absolute atomic E-state index is 14.0. The fourth-order valence-corrected chi connectivity index (χ4v) is 3.14. The van der Waals surface area contributed by atoms with Crippen molar-refractivity contribution in [2.75, 3.05) is 10.6 Å². The molecule has 0 radical (unpaired) electrons. The van der Waals surface area contributed by atoms with Crippen LogP contribution < -0.4 is 21.5 Å². The molecular formula is C17H14FN7O4S. The van der Waals surface area contributed by atoms with E-state index in [1.807, 2.05) is 0 Å². The molecule has 154 valence electrons. The van der Waals surface area contributed by atoms with Crippen LogP contribution in [0.15, 0.2) is 58.7 Å². The summed E-state index contributed by atoms with van der Waals surface area (Å²) in [5, 5.41) is 13.2. The number of benzene rings is 2. The number of aromatic nitrogens is 2. The fourth-order valence-electron chi connectivity index (χ4n) is 2.45. The molecular weight excluding hydrogens is 417 g/mol. The summed E-state index contributed by atoms with van der Waals surface area (Å²) in [6.45, 7) is 0. The predicted molar refractivity (Wildman–Crippen MR) is 107 cm³/mol. The summed E-state index contributed by atoms with van der Waals surface area (Å²) >= 11 is 0. The lowest BCUT2D eigenvalue weighted by atomic mass is 10.2.